The molecule has 4 aromatic rings. The van der Waals surface area contributed by atoms with Gasteiger partial charge in [0.1, 0.15) is 5.82 Å². The van der Waals surface area contributed by atoms with Gasteiger partial charge in [0.15, 0.2) is 0 Å². The molecule has 5 N–H and O–H groups in total. The number of nitrogen functional groups attached to an aromatic ring is 1. The summed E-state index contributed by atoms with van der Waals surface area (Å²) in [6.45, 7) is 1.98. The quantitative estimate of drug-likeness (QED) is 0.120. The average molecular weight is 514 g/mol. The molecule has 0 fully saturated rings. The summed E-state index contributed by atoms with van der Waals surface area (Å²) < 4.78 is 13.8. The molecule has 5 nitrogen and oxygen atoms in total. The van der Waals surface area contributed by atoms with E-state index in [4.69, 9.17) is 11.5 Å². The van der Waals surface area contributed by atoms with Crippen LogP contribution in [0.2, 0.25) is 0 Å². The van der Waals surface area contributed by atoms with Gasteiger partial charge >= 0.3 is 0 Å². The molecule has 0 spiro atoms. The monoisotopic (exact) mass is 513 g/mol. The molecule has 0 aromatic heterocycles. The normalized spacial score (nSPS) is 10.7. The molecule has 0 bridgehead atoms. The number of anilines is 2. The first-order valence-corrected chi connectivity index (χ1v) is 12.6. The number of nitrogens with two attached hydrogens (primary N) is 2. The zero-order valence-electron chi connectivity index (χ0n) is 20.6. The second kappa shape index (κ2) is 13.1. The number of carbonyl (C=O) groups is 2. The van der Waals surface area contributed by atoms with Crippen molar-refractivity contribution in [3.05, 3.63) is 125 Å². The molecule has 0 aliphatic rings. The highest BCUT2D eigenvalue weighted by molar-refractivity contribution is 7.98. The summed E-state index contributed by atoms with van der Waals surface area (Å²) in [7, 11) is 0. The molecule has 188 valence electrons. The molecular formula is C30H28FN3O2S. The maximum Gasteiger partial charge on any atom is 0.255 e. The van der Waals surface area contributed by atoms with Crippen LogP contribution in [0.1, 0.15) is 27.0 Å². The van der Waals surface area contributed by atoms with E-state index in [9.17, 15) is 14.0 Å². The number of rotatable bonds is 6. The SMILES string of the molecule is CSc1ccc(/C=C(/C(N)=O)c2ccccc2F)cc1.Cc1ccc(C(=O)Nc2ccccc2N)cc1. The fourth-order valence-corrected chi connectivity index (χ4v) is 3.75. The zero-order chi connectivity index (χ0) is 26.8. The lowest BCUT2D eigenvalue weighted by Crippen LogP contribution is -2.13. The third-order valence-electron chi connectivity index (χ3n) is 5.38. The minimum Gasteiger partial charge on any atom is -0.397 e. The van der Waals surface area contributed by atoms with Crippen molar-refractivity contribution in [2.75, 3.05) is 17.3 Å². The Bertz CT molecular complexity index is 1400. The molecule has 4 rings (SSSR count). The molecule has 4 aromatic carbocycles. The van der Waals surface area contributed by atoms with E-state index < -0.39 is 11.7 Å². The first-order valence-electron chi connectivity index (χ1n) is 11.4. The third kappa shape index (κ3) is 7.81. The van der Waals surface area contributed by atoms with Crippen LogP contribution in [-0.4, -0.2) is 18.1 Å². The van der Waals surface area contributed by atoms with Gasteiger partial charge in [0, 0.05) is 21.6 Å². The van der Waals surface area contributed by atoms with E-state index in [1.54, 1.807) is 60.3 Å². The van der Waals surface area contributed by atoms with Crippen LogP contribution in [0.3, 0.4) is 0 Å². The lowest BCUT2D eigenvalue weighted by molar-refractivity contribution is -0.112. The minimum absolute atomic E-state index is 0.150. The largest absolute Gasteiger partial charge is 0.397 e. The summed E-state index contributed by atoms with van der Waals surface area (Å²) in [5, 5.41) is 2.78. The summed E-state index contributed by atoms with van der Waals surface area (Å²) in [6, 6.07) is 28.3. The average Bonchev–Trinajstić information content (AvgIpc) is 2.90. The van der Waals surface area contributed by atoms with Gasteiger partial charge in [-0.2, -0.15) is 0 Å². The molecule has 0 aliphatic heterocycles. The summed E-state index contributed by atoms with van der Waals surface area (Å²) in [5.74, 6) is -1.26. The highest BCUT2D eigenvalue weighted by atomic mass is 32.2. The fourth-order valence-electron chi connectivity index (χ4n) is 3.34. The Labute approximate surface area is 220 Å². The van der Waals surface area contributed by atoms with Gasteiger partial charge in [-0.05, 0) is 67.3 Å². The fraction of sp³-hybridized carbons (Fsp3) is 0.0667. The Morgan fingerprint density at radius 1 is 0.865 bits per heavy atom. The standard InChI is InChI=1S/C16H14FNOS.C14H14N2O/c1-20-12-8-6-11(7-9-12)10-14(16(18)19)13-4-2-3-5-15(13)17;1-10-6-8-11(9-7-10)14(17)16-13-5-3-2-4-12(13)15/h2-10H,1H3,(H2,18,19);2-9H,15H2,1H3,(H,16,17)/b14-10+;. The molecule has 0 heterocycles. The van der Waals surface area contributed by atoms with Crippen LogP contribution in [-0.2, 0) is 4.79 Å². The van der Waals surface area contributed by atoms with Crippen molar-refractivity contribution in [2.24, 2.45) is 5.73 Å². The second-order valence-electron chi connectivity index (χ2n) is 8.08. The molecule has 37 heavy (non-hydrogen) atoms. The number of amides is 2. The van der Waals surface area contributed by atoms with Gasteiger partial charge in [-0.1, -0.05) is 60.2 Å². The van der Waals surface area contributed by atoms with Gasteiger partial charge < -0.3 is 16.8 Å². The lowest BCUT2D eigenvalue weighted by Gasteiger charge is -2.07. The van der Waals surface area contributed by atoms with E-state index in [2.05, 4.69) is 5.32 Å². The first-order chi connectivity index (χ1) is 17.8. The summed E-state index contributed by atoms with van der Waals surface area (Å²) in [4.78, 5) is 24.6. The number of para-hydroxylation sites is 2. The van der Waals surface area contributed by atoms with E-state index in [1.165, 1.54) is 6.07 Å². The number of thioether (sulfide) groups is 1. The highest BCUT2D eigenvalue weighted by Gasteiger charge is 2.12. The van der Waals surface area contributed by atoms with Crippen LogP contribution in [0.15, 0.2) is 102 Å². The Hall–Kier alpha value is -4.36. The number of nitrogens with one attached hydrogen (secondary N) is 1. The molecule has 0 unspecified atom stereocenters. The van der Waals surface area contributed by atoms with Crippen molar-refractivity contribution in [1.82, 2.24) is 0 Å². The second-order valence-corrected chi connectivity index (χ2v) is 8.96. The van der Waals surface area contributed by atoms with Gasteiger partial charge in [-0.3, -0.25) is 9.59 Å². The predicted octanol–water partition coefficient (Wildman–Crippen LogP) is 6.40. The van der Waals surface area contributed by atoms with Crippen molar-refractivity contribution in [1.29, 1.82) is 0 Å². The Morgan fingerprint density at radius 2 is 1.49 bits per heavy atom. The molecule has 0 radical (unpaired) electrons. The van der Waals surface area contributed by atoms with E-state index >= 15 is 0 Å². The number of primary amides is 1. The molecular weight excluding hydrogens is 485 g/mol. The van der Waals surface area contributed by atoms with Gasteiger partial charge in [0.2, 0.25) is 5.91 Å². The smallest absolute Gasteiger partial charge is 0.255 e. The van der Waals surface area contributed by atoms with Crippen LogP contribution < -0.4 is 16.8 Å². The van der Waals surface area contributed by atoms with E-state index in [0.29, 0.717) is 16.9 Å². The van der Waals surface area contributed by atoms with E-state index in [-0.39, 0.29) is 17.0 Å². The zero-order valence-corrected chi connectivity index (χ0v) is 21.4. The van der Waals surface area contributed by atoms with Crippen LogP contribution in [0, 0.1) is 12.7 Å². The van der Waals surface area contributed by atoms with E-state index in [0.717, 1.165) is 16.0 Å². The number of hydrogen-bond acceptors (Lipinski definition) is 4. The van der Waals surface area contributed by atoms with Crippen molar-refractivity contribution < 1.29 is 14.0 Å². The minimum atomic E-state index is -0.649. The van der Waals surface area contributed by atoms with Crippen LogP contribution in [0.25, 0.3) is 11.6 Å². The summed E-state index contributed by atoms with van der Waals surface area (Å²) in [6.07, 6.45) is 3.59. The van der Waals surface area contributed by atoms with Crippen molar-refractivity contribution in [2.45, 2.75) is 11.8 Å². The number of hydrogen-bond donors (Lipinski definition) is 3. The third-order valence-corrected chi connectivity index (χ3v) is 6.12. The number of carbonyl (C=O) groups excluding carboxylic acids is 2. The molecule has 0 saturated carbocycles. The maximum atomic E-state index is 13.8. The van der Waals surface area contributed by atoms with Crippen LogP contribution >= 0.6 is 11.8 Å². The Kier molecular flexibility index (Phi) is 9.63. The highest BCUT2D eigenvalue weighted by Crippen LogP contribution is 2.22. The van der Waals surface area contributed by atoms with Gasteiger partial charge in [-0.15, -0.1) is 11.8 Å². The topological polar surface area (TPSA) is 98.2 Å². The Balaban J connectivity index is 0.000000208. The molecule has 0 saturated heterocycles. The first kappa shape index (κ1) is 27.2. The Morgan fingerprint density at radius 3 is 2.08 bits per heavy atom. The molecule has 7 heteroatoms. The number of halogens is 1. The van der Waals surface area contributed by atoms with Crippen molar-refractivity contribution in [3.8, 4) is 0 Å². The number of aryl methyl sites for hydroxylation is 1. The predicted molar refractivity (Wildman–Crippen MR) is 152 cm³/mol. The summed E-state index contributed by atoms with van der Waals surface area (Å²) >= 11 is 1.63. The molecule has 2 amide bonds. The number of benzene rings is 4. The van der Waals surface area contributed by atoms with E-state index in [1.807, 2.05) is 61.7 Å². The van der Waals surface area contributed by atoms with Crippen molar-refractivity contribution in [3.63, 3.8) is 0 Å². The van der Waals surface area contributed by atoms with Gasteiger partial charge in [0.05, 0.1) is 11.4 Å². The summed E-state index contributed by atoms with van der Waals surface area (Å²) in [5.41, 5.74) is 15.3. The van der Waals surface area contributed by atoms with Crippen molar-refractivity contribution >= 4 is 46.6 Å². The maximum absolute atomic E-state index is 13.8. The lowest BCUT2D eigenvalue weighted by atomic mass is 10.0. The van der Waals surface area contributed by atoms with Crippen LogP contribution in [0.5, 0.6) is 0 Å². The molecule has 0 atom stereocenters. The van der Waals surface area contributed by atoms with Crippen LogP contribution in [0.4, 0.5) is 15.8 Å². The van der Waals surface area contributed by atoms with Gasteiger partial charge in [-0.25, -0.2) is 4.39 Å². The molecule has 0 aliphatic carbocycles. The van der Waals surface area contributed by atoms with Gasteiger partial charge in [0.25, 0.3) is 5.91 Å².